The summed E-state index contributed by atoms with van der Waals surface area (Å²) in [7, 11) is 0. The molecule has 1 amide bonds. The van der Waals surface area contributed by atoms with Crippen molar-refractivity contribution in [2.24, 2.45) is 0 Å². The van der Waals surface area contributed by atoms with Crippen LogP contribution in [0, 0.1) is 10.1 Å². The summed E-state index contributed by atoms with van der Waals surface area (Å²) in [5.41, 5.74) is 0.534. The molecule has 2 aromatic carbocycles. The second kappa shape index (κ2) is 7.96. The molecular formula is C17H11Cl3N4O3. The summed E-state index contributed by atoms with van der Waals surface area (Å²) < 4.78 is 1.53. The molecule has 0 aliphatic rings. The van der Waals surface area contributed by atoms with E-state index in [-0.39, 0.29) is 27.1 Å². The van der Waals surface area contributed by atoms with Crippen LogP contribution in [0.4, 0.5) is 11.5 Å². The van der Waals surface area contributed by atoms with Gasteiger partial charge in [-0.25, -0.2) is 0 Å². The summed E-state index contributed by atoms with van der Waals surface area (Å²) in [6.45, 7) is 0.363. The highest BCUT2D eigenvalue weighted by atomic mass is 35.5. The van der Waals surface area contributed by atoms with E-state index in [4.69, 9.17) is 34.8 Å². The molecule has 3 aromatic rings. The van der Waals surface area contributed by atoms with Crippen molar-refractivity contribution in [3.8, 4) is 0 Å². The summed E-state index contributed by atoms with van der Waals surface area (Å²) in [6.07, 6.45) is 1.55. The number of nitro groups is 1. The second-order valence-electron chi connectivity index (χ2n) is 5.49. The maximum Gasteiger partial charge on any atom is 0.288 e. The van der Waals surface area contributed by atoms with Crippen molar-refractivity contribution in [1.29, 1.82) is 0 Å². The fraction of sp³-hybridized carbons (Fsp3) is 0.0588. The number of nitrogens with zero attached hydrogens (tertiary/aromatic N) is 3. The SMILES string of the molecule is O=C(Nc1nn(Cc2ccccc2Cl)cc1Cl)c1ccc(Cl)c([N+](=O)[O-])c1. The van der Waals surface area contributed by atoms with E-state index in [1.165, 1.54) is 16.8 Å². The van der Waals surface area contributed by atoms with Crippen molar-refractivity contribution >= 4 is 52.2 Å². The van der Waals surface area contributed by atoms with E-state index in [2.05, 4.69) is 10.4 Å². The van der Waals surface area contributed by atoms with E-state index in [0.717, 1.165) is 11.6 Å². The molecule has 0 saturated carbocycles. The first-order valence-electron chi connectivity index (χ1n) is 7.57. The van der Waals surface area contributed by atoms with Crippen LogP contribution < -0.4 is 5.32 Å². The van der Waals surface area contributed by atoms with Crippen molar-refractivity contribution in [3.63, 3.8) is 0 Å². The van der Waals surface area contributed by atoms with Crippen LogP contribution in [-0.4, -0.2) is 20.6 Å². The number of hydrogen-bond donors (Lipinski definition) is 1. The minimum absolute atomic E-state index is 0.0569. The molecule has 0 spiro atoms. The maximum absolute atomic E-state index is 12.4. The third-order valence-corrected chi connectivity index (χ3v) is 4.61. The number of anilines is 1. The molecule has 0 atom stereocenters. The first kappa shape index (κ1) is 19.2. The molecule has 1 aromatic heterocycles. The number of amides is 1. The predicted molar refractivity (Wildman–Crippen MR) is 104 cm³/mol. The van der Waals surface area contributed by atoms with E-state index in [9.17, 15) is 14.9 Å². The molecule has 3 rings (SSSR count). The Kier molecular flexibility index (Phi) is 5.65. The number of hydrogen-bond acceptors (Lipinski definition) is 4. The Morgan fingerprint density at radius 2 is 1.85 bits per heavy atom. The molecule has 0 aliphatic heterocycles. The van der Waals surface area contributed by atoms with Gasteiger partial charge in [0.25, 0.3) is 11.6 Å². The van der Waals surface area contributed by atoms with Gasteiger partial charge in [-0.2, -0.15) is 5.10 Å². The fourth-order valence-corrected chi connectivity index (χ4v) is 2.92. The van der Waals surface area contributed by atoms with Gasteiger partial charge in [-0.05, 0) is 23.8 Å². The van der Waals surface area contributed by atoms with E-state index in [1.54, 1.807) is 12.3 Å². The molecule has 10 heteroatoms. The largest absolute Gasteiger partial charge is 0.304 e. The zero-order chi connectivity index (χ0) is 19.6. The average molecular weight is 426 g/mol. The molecule has 1 N–H and O–H groups in total. The van der Waals surface area contributed by atoms with Gasteiger partial charge in [-0.1, -0.05) is 53.0 Å². The number of nitro benzene ring substituents is 1. The van der Waals surface area contributed by atoms with Gasteiger partial charge in [0.05, 0.1) is 11.5 Å². The van der Waals surface area contributed by atoms with Gasteiger partial charge in [-0.3, -0.25) is 19.6 Å². The van der Waals surface area contributed by atoms with Gasteiger partial charge in [0.1, 0.15) is 10.0 Å². The molecule has 1 heterocycles. The predicted octanol–water partition coefficient (Wildman–Crippen LogP) is 5.05. The normalized spacial score (nSPS) is 10.6. The zero-order valence-corrected chi connectivity index (χ0v) is 15.8. The lowest BCUT2D eigenvalue weighted by Gasteiger charge is -2.05. The lowest BCUT2D eigenvalue weighted by atomic mass is 10.2. The Bertz CT molecular complexity index is 1040. The molecule has 0 bridgehead atoms. The summed E-state index contributed by atoms with van der Waals surface area (Å²) in [6, 6.07) is 11.0. The van der Waals surface area contributed by atoms with Gasteiger partial charge < -0.3 is 5.32 Å². The lowest BCUT2D eigenvalue weighted by Crippen LogP contribution is -2.13. The van der Waals surface area contributed by atoms with Gasteiger partial charge in [-0.15, -0.1) is 0 Å². The first-order valence-corrected chi connectivity index (χ1v) is 8.70. The third-order valence-electron chi connectivity index (χ3n) is 3.64. The number of aromatic nitrogens is 2. The average Bonchev–Trinajstić information content (AvgIpc) is 2.96. The van der Waals surface area contributed by atoms with E-state index in [1.807, 2.05) is 18.2 Å². The maximum atomic E-state index is 12.4. The fourth-order valence-electron chi connectivity index (χ4n) is 2.34. The number of carbonyl (C=O) groups excluding carboxylic acids is 1. The highest BCUT2D eigenvalue weighted by molar-refractivity contribution is 6.34. The monoisotopic (exact) mass is 424 g/mol. The molecular weight excluding hydrogens is 415 g/mol. The number of benzene rings is 2. The Morgan fingerprint density at radius 1 is 1.11 bits per heavy atom. The van der Waals surface area contributed by atoms with Gasteiger partial charge in [0.15, 0.2) is 5.82 Å². The van der Waals surface area contributed by atoms with Crippen LogP contribution in [-0.2, 0) is 6.54 Å². The highest BCUT2D eigenvalue weighted by Gasteiger charge is 2.18. The summed E-state index contributed by atoms with van der Waals surface area (Å²) in [4.78, 5) is 22.7. The van der Waals surface area contributed by atoms with Crippen molar-refractivity contribution < 1.29 is 9.72 Å². The summed E-state index contributed by atoms with van der Waals surface area (Å²) in [5, 5.41) is 18.5. The number of nitrogens with one attached hydrogen (secondary N) is 1. The topological polar surface area (TPSA) is 90.1 Å². The smallest absolute Gasteiger partial charge is 0.288 e. The molecule has 138 valence electrons. The van der Waals surface area contributed by atoms with Crippen LogP contribution in [0.3, 0.4) is 0 Å². The number of halogens is 3. The third kappa shape index (κ3) is 4.39. The van der Waals surface area contributed by atoms with Gasteiger partial charge in [0, 0.05) is 22.8 Å². The highest BCUT2D eigenvalue weighted by Crippen LogP contribution is 2.26. The summed E-state index contributed by atoms with van der Waals surface area (Å²) >= 11 is 18.0. The Balaban J connectivity index is 1.79. The summed E-state index contributed by atoms with van der Waals surface area (Å²) in [5.74, 6) is -0.467. The molecule has 0 fully saturated rings. The van der Waals surface area contributed by atoms with Crippen molar-refractivity contribution in [1.82, 2.24) is 9.78 Å². The van der Waals surface area contributed by atoms with E-state index < -0.39 is 10.8 Å². The Morgan fingerprint density at radius 3 is 2.56 bits per heavy atom. The molecule has 27 heavy (non-hydrogen) atoms. The van der Waals surface area contributed by atoms with Gasteiger partial charge >= 0.3 is 0 Å². The van der Waals surface area contributed by atoms with Crippen LogP contribution in [0.2, 0.25) is 15.1 Å². The van der Waals surface area contributed by atoms with Crippen molar-refractivity contribution in [2.45, 2.75) is 6.54 Å². The van der Waals surface area contributed by atoms with Gasteiger partial charge in [0.2, 0.25) is 0 Å². The quantitative estimate of drug-likeness (QED) is 0.457. The molecule has 0 saturated heterocycles. The molecule has 0 radical (unpaired) electrons. The standard InChI is InChI=1S/C17H11Cl3N4O3/c18-12-4-2-1-3-11(12)8-23-9-14(20)16(22-23)21-17(25)10-5-6-13(19)15(7-10)24(26)27/h1-7,9H,8H2,(H,21,22,25). The van der Waals surface area contributed by atoms with Crippen LogP contribution in [0.5, 0.6) is 0 Å². The first-order chi connectivity index (χ1) is 12.8. The molecule has 0 aliphatic carbocycles. The minimum Gasteiger partial charge on any atom is -0.304 e. The Hall–Kier alpha value is -2.61. The minimum atomic E-state index is -0.662. The van der Waals surface area contributed by atoms with Crippen LogP contribution in [0.15, 0.2) is 48.7 Å². The Labute approximate surface area is 168 Å². The van der Waals surface area contributed by atoms with Crippen LogP contribution in [0.25, 0.3) is 0 Å². The van der Waals surface area contributed by atoms with E-state index in [0.29, 0.717) is 11.6 Å². The van der Waals surface area contributed by atoms with Crippen LogP contribution >= 0.6 is 34.8 Å². The zero-order valence-electron chi connectivity index (χ0n) is 13.5. The second-order valence-corrected chi connectivity index (χ2v) is 6.71. The molecule has 7 nitrogen and oxygen atoms in total. The van der Waals surface area contributed by atoms with Crippen molar-refractivity contribution in [3.05, 3.63) is 85.0 Å². The lowest BCUT2D eigenvalue weighted by molar-refractivity contribution is -0.384. The number of carbonyl (C=O) groups is 1. The number of rotatable bonds is 5. The van der Waals surface area contributed by atoms with Crippen molar-refractivity contribution in [2.75, 3.05) is 5.32 Å². The van der Waals surface area contributed by atoms with E-state index >= 15 is 0 Å². The molecule has 0 unspecified atom stereocenters. The van der Waals surface area contributed by atoms with Crippen LogP contribution in [0.1, 0.15) is 15.9 Å².